The molecule has 0 atom stereocenters. The van der Waals surface area contributed by atoms with Crippen molar-refractivity contribution in [1.29, 1.82) is 0 Å². The maximum Gasteiger partial charge on any atom is 0.207 e. The van der Waals surface area contributed by atoms with E-state index in [4.69, 9.17) is 0 Å². The molecule has 0 heterocycles. The van der Waals surface area contributed by atoms with Crippen molar-refractivity contribution in [1.82, 2.24) is 5.32 Å². The second-order valence-corrected chi connectivity index (χ2v) is 3.02. The summed E-state index contributed by atoms with van der Waals surface area (Å²) in [6.07, 6.45) is 1.84. The lowest BCUT2D eigenvalue weighted by Crippen LogP contribution is -2.27. The summed E-state index contributed by atoms with van der Waals surface area (Å²) in [4.78, 5) is 9.86. The lowest BCUT2D eigenvalue weighted by molar-refractivity contribution is -0.109. The lowest BCUT2D eigenvalue weighted by Gasteiger charge is -2.20. The quantitative estimate of drug-likeness (QED) is 0.567. The first kappa shape index (κ1) is 8.47. The predicted molar refractivity (Wildman–Crippen MR) is 38.1 cm³/mol. The van der Waals surface area contributed by atoms with E-state index in [1.165, 1.54) is 0 Å². The van der Waals surface area contributed by atoms with Crippen LogP contribution in [0.25, 0.3) is 0 Å². The Morgan fingerprint density at radius 3 is 2.44 bits per heavy atom. The van der Waals surface area contributed by atoms with Gasteiger partial charge in [-0.15, -0.1) is 0 Å². The zero-order valence-corrected chi connectivity index (χ0v) is 6.40. The third-order valence-corrected chi connectivity index (χ3v) is 1.62. The van der Waals surface area contributed by atoms with Crippen molar-refractivity contribution in [3.63, 3.8) is 0 Å². The maximum absolute atomic E-state index is 9.86. The summed E-state index contributed by atoms with van der Waals surface area (Å²) in [7, 11) is 0. The molecule has 0 unspecified atom stereocenters. The topological polar surface area (TPSA) is 29.1 Å². The highest BCUT2D eigenvalue weighted by molar-refractivity contribution is 5.45. The van der Waals surface area contributed by atoms with E-state index in [0.29, 0.717) is 0 Å². The molecule has 1 N–H and O–H groups in total. The lowest BCUT2D eigenvalue weighted by atomic mass is 9.90. The zero-order chi connectivity index (χ0) is 7.33. The summed E-state index contributed by atoms with van der Waals surface area (Å²) in [5.41, 5.74) is 0.251. The number of nitrogens with one attached hydrogen (secondary N) is 1. The van der Waals surface area contributed by atoms with Crippen molar-refractivity contribution in [3.05, 3.63) is 0 Å². The van der Waals surface area contributed by atoms with Gasteiger partial charge in [0.1, 0.15) is 0 Å². The van der Waals surface area contributed by atoms with E-state index in [9.17, 15) is 4.79 Å². The van der Waals surface area contributed by atoms with Gasteiger partial charge in [-0.05, 0) is 11.8 Å². The van der Waals surface area contributed by atoms with Crippen molar-refractivity contribution in [2.75, 3.05) is 6.54 Å². The van der Waals surface area contributed by atoms with E-state index < -0.39 is 0 Å². The summed E-state index contributed by atoms with van der Waals surface area (Å²) < 4.78 is 0. The Bertz CT molecular complexity index is 88.9. The standard InChI is InChI=1S/C7H15NO/c1-4-7(2,3)5-8-6-9/h6H,4-5H2,1-3H3,(H,8,9). The van der Waals surface area contributed by atoms with Crippen LogP contribution < -0.4 is 5.32 Å². The monoisotopic (exact) mass is 129 g/mol. The molecule has 0 bridgehead atoms. The highest BCUT2D eigenvalue weighted by atomic mass is 16.1. The zero-order valence-electron chi connectivity index (χ0n) is 6.40. The molecule has 0 spiro atoms. The van der Waals surface area contributed by atoms with Gasteiger partial charge in [0.25, 0.3) is 0 Å². The Morgan fingerprint density at radius 2 is 2.11 bits per heavy atom. The molecule has 0 rings (SSSR count). The van der Waals surface area contributed by atoms with Gasteiger partial charge in [-0.1, -0.05) is 20.8 Å². The molecule has 0 aliphatic rings. The van der Waals surface area contributed by atoms with Gasteiger partial charge in [-0.2, -0.15) is 0 Å². The van der Waals surface area contributed by atoms with Crippen LogP contribution in [-0.2, 0) is 4.79 Å². The van der Waals surface area contributed by atoms with Crippen molar-refractivity contribution in [2.24, 2.45) is 5.41 Å². The highest BCUT2D eigenvalue weighted by Gasteiger charge is 2.12. The molecule has 0 aromatic heterocycles. The number of rotatable bonds is 4. The summed E-state index contributed by atoms with van der Waals surface area (Å²) in [5, 5.41) is 2.66. The van der Waals surface area contributed by atoms with Gasteiger partial charge in [0.15, 0.2) is 0 Å². The Hall–Kier alpha value is -0.530. The van der Waals surface area contributed by atoms with E-state index in [-0.39, 0.29) is 5.41 Å². The van der Waals surface area contributed by atoms with Crippen molar-refractivity contribution < 1.29 is 4.79 Å². The number of hydrogen-bond donors (Lipinski definition) is 1. The van der Waals surface area contributed by atoms with Gasteiger partial charge in [0.2, 0.25) is 6.41 Å². The molecule has 1 amide bonds. The second kappa shape index (κ2) is 3.49. The first-order chi connectivity index (χ1) is 4.12. The van der Waals surface area contributed by atoms with Crippen LogP contribution in [0.4, 0.5) is 0 Å². The first-order valence-electron chi connectivity index (χ1n) is 3.29. The molecule has 0 saturated heterocycles. The van der Waals surface area contributed by atoms with Gasteiger partial charge in [0.05, 0.1) is 0 Å². The first-order valence-corrected chi connectivity index (χ1v) is 3.29. The highest BCUT2D eigenvalue weighted by Crippen LogP contribution is 2.16. The van der Waals surface area contributed by atoms with Crippen molar-refractivity contribution in [2.45, 2.75) is 27.2 Å². The Kier molecular flexibility index (Phi) is 3.28. The summed E-state index contributed by atoms with van der Waals surface area (Å²) in [5.74, 6) is 0. The molecule has 0 aromatic carbocycles. The molecule has 2 nitrogen and oxygen atoms in total. The SMILES string of the molecule is CCC(C)(C)CNC=O. The normalized spacial score (nSPS) is 11.0. The summed E-state index contributed by atoms with van der Waals surface area (Å²) in [6.45, 7) is 7.15. The van der Waals surface area contributed by atoms with Crippen LogP contribution in [0.15, 0.2) is 0 Å². The number of hydrogen-bond acceptors (Lipinski definition) is 1. The van der Waals surface area contributed by atoms with E-state index in [1.807, 2.05) is 0 Å². The molecule has 0 radical (unpaired) electrons. The fourth-order valence-corrected chi connectivity index (χ4v) is 0.443. The van der Waals surface area contributed by atoms with Gasteiger partial charge in [-0.3, -0.25) is 4.79 Å². The van der Waals surface area contributed by atoms with Crippen LogP contribution in [0.5, 0.6) is 0 Å². The molecule has 0 aliphatic carbocycles. The average molecular weight is 129 g/mol. The van der Waals surface area contributed by atoms with Crippen molar-refractivity contribution in [3.8, 4) is 0 Å². The van der Waals surface area contributed by atoms with E-state index in [0.717, 1.165) is 19.4 Å². The largest absolute Gasteiger partial charge is 0.358 e. The number of amides is 1. The van der Waals surface area contributed by atoms with Gasteiger partial charge in [0, 0.05) is 6.54 Å². The van der Waals surface area contributed by atoms with Gasteiger partial charge < -0.3 is 5.32 Å². The van der Waals surface area contributed by atoms with Crippen molar-refractivity contribution >= 4 is 6.41 Å². The fraction of sp³-hybridized carbons (Fsp3) is 0.857. The minimum atomic E-state index is 0.251. The Balaban J connectivity index is 3.44. The van der Waals surface area contributed by atoms with Crippen LogP contribution in [0.1, 0.15) is 27.2 Å². The molecular weight excluding hydrogens is 114 g/mol. The smallest absolute Gasteiger partial charge is 0.207 e. The second-order valence-electron chi connectivity index (χ2n) is 3.02. The van der Waals surface area contributed by atoms with Crippen LogP contribution >= 0.6 is 0 Å². The average Bonchev–Trinajstić information content (AvgIpc) is 1.84. The molecule has 2 heteroatoms. The summed E-state index contributed by atoms with van der Waals surface area (Å²) in [6, 6.07) is 0. The van der Waals surface area contributed by atoms with E-state index >= 15 is 0 Å². The summed E-state index contributed by atoms with van der Waals surface area (Å²) >= 11 is 0. The third-order valence-electron chi connectivity index (χ3n) is 1.62. The minimum Gasteiger partial charge on any atom is -0.358 e. The molecule has 0 aliphatic heterocycles. The van der Waals surface area contributed by atoms with Crippen LogP contribution in [0, 0.1) is 5.41 Å². The molecule has 54 valence electrons. The van der Waals surface area contributed by atoms with Gasteiger partial charge in [-0.25, -0.2) is 0 Å². The van der Waals surface area contributed by atoms with Crippen LogP contribution in [-0.4, -0.2) is 13.0 Å². The molecule has 9 heavy (non-hydrogen) atoms. The van der Waals surface area contributed by atoms with E-state index in [2.05, 4.69) is 26.1 Å². The molecular formula is C7H15NO. The Morgan fingerprint density at radius 1 is 1.56 bits per heavy atom. The van der Waals surface area contributed by atoms with Crippen LogP contribution in [0.2, 0.25) is 0 Å². The minimum absolute atomic E-state index is 0.251. The molecule has 0 fully saturated rings. The number of carbonyl (C=O) groups excluding carboxylic acids is 1. The third kappa shape index (κ3) is 4.01. The Labute approximate surface area is 56.6 Å². The fourth-order valence-electron chi connectivity index (χ4n) is 0.443. The molecule has 0 aromatic rings. The molecule has 0 saturated carbocycles. The van der Waals surface area contributed by atoms with Crippen LogP contribution in [0.3, 0.4) is 0 Å². The van der Waals surface area contributed by atoms with E-state index in [1.54, 1.807) is 0 Å². The maximum atomic E-state index is 9.86. The van der Waals surface area contributed by atoms with Gasteiger partial charge >= 0.3 is 0 Å². The number of carbonyl (C=O) groups is 1. The predicted octanol–water partition coefficient (Wildman–Crippen LogP) is 1.17.